The third-order valence-electron chi connectivity index (χ3n) is 12.3. The van der Waals surface area contributed by atoms with Gasteiger partial charge in [-0.1, -0.05) is 200 Å². The molecule has 0 saturated heterocycles. The number of rotatable bonds is 8. The van der Waals surface area contributed by atoms with E-state index in [9.17, 15) is 5.26 Å². The van der Waals surface area contributed by atoms with Crippen molar-refractivity contribution < 1.29 is 0 Å². The van der Waals surface area contributed by atoms with E-state index in [4.69, 9.17) is 15.0 Å². The topological polar surface area (TPSA) is 62.5 Å². The lowest BCUT2D eigenvalue weighted by atomic mass is 9.67. The third-order valence-corrected chi connectivity index (χ3v) is 12.3. The maximum absolute atomic E-state index is 9.80. The van der Waals surface area contributed by atoms with Crippen molar-refractivity contribution in [2.75, 3.05) is 0 Å². The van der Waals surface area contributed by atoms with Crippen molar-refractivity contribution >= 4 is 0 Å². The maximum Gasteiger partial charge on any atom is 0.164 e. The summed E-state index contributed by atoms with van der Waals surface area (Å²) in [5, 5.41) is 9.80. The Bertz CT molecular complexity index is 3260. The molecular formula is C59H38N4. The predicted octanol–water partition coefficient (Wildman–Crippen LogP) is 14.1. The first-order valence-electron chi connectivity index (χ1n) is 21.2. The summed E-state index contributed by atoms with van der Waals surface area (Å²) >= 11 is 0. The van der Waals surface area contributed by atoms with Gasteiger partial charge in [-0.15, -0.1) is 0 Å². The van der Waals surface area contributed by atoms with Crippen LogP contribution < -0.4 is 0 Å². The molecule has 0 unspecified atom stereocenters. The maximum atomic E-state index is 9.80. The molecule has 0 N–H and O–H groups in total. The molecule has 0 aliphatic heterocycles. The molecule has 1 aliphatic carbocycles. The molecule has 1 heterocycles. The van der Waals surface area contributed by atoms with E-state index in [0.717, 1.165) is 50.1 Å². The lowest BCUT2D eigenvalue weighted by molar-refractivity contribution is 0.769. The lowest BCUT2D eigenvalue weighted by Crippen LogP contribution is -2.28. The molecule has 0 spiro atoms. The number of fused-ring (bicyclic) bond motifs is 3. The average Bonchev–Trinajstić information content (AvgIpc) is 3.67. The molecule has 1 aliphatic rings. The molecule has 1 aromatic heterocycles. The van der Waals surface area contributed by atoms with Crippen molar-refractivity contribution in [2.24, 2.45) is 0 Å². The molecule has 10 aromatic rings. The van der Waals surface area contributed by atoms with Crippen molar-refractivity contribution in [1.82, 2.24) is 15.0 Å². The van der Waals surface area contributed by atoms with Crippen molar-refractivity contribution in [1.29, 1.82) is 5.26 Å². The zero-order chi connectivity index (χ0) is 42.2. The highest BCUT2D eigenvalue weighted by Crippen LogP contribution is 2.58. The van der Waals surface area contributed by atoms with E-state index in [1.54, 1.807) is 0 Å². The van der Waals surface area contributed by atoms with Gasteiger partial charge in [0.2, 0.25) is 0 Å². The summed E-state index contributed by atoms with van der Waals surface area (Å²) in [6.45, 7) is 0. The standard InChI is InChI=1S/C59H38N4/c60-39-40-28-30-43(31-29-40)52-38-55-53(50-26-13-14-27-54(50)59(55,48-22-9-3-10-23-48)49-24-11-4-12-25-49)37-51(52)46-20-15-21-47(36-46)58-62-56(44-18-7-2-8-19-44)61-57(63-58)45-34-32-42(33-35-45)41-16-5-1-6-17-41/h1-38H. The van der Waals surface area contributed by atoms with Crippen molar-refractivity contribution in [3.8, 4) is 84.7 Å². The number of nitriles is 1. The summed E-state index contributed by atoms with van der Waals surface area (Å²) in [6.07, 6.45) is 0. The summed E-state index contributed by atoms with van der Waals surface area (Å²) < 4.78 is 0. The molecule has 63 heavy (non-hydrogen) atoms. The van der Waals surface area contributed by atoms with E-state index in [1.807, 2.05) is 48.5 Å². The third kappa shape index (κ3) is 6.61. The molecule has 9 aromatic carbocycles. The van der Waals surface area contributed by atoms with Crippen molar-refractivity contribution in [3.05, 3.63) is 258 Å². The van der Waals surface area contributed by atoms with Gasteiger partial charge in [0.25, 0.3) is 0 Å². The van der Waals surface area contributed by atoms with Crippen LogP contribution in [-0.2, 0) is 5.41 Å². The van der Waals surface area contributed by atoms with Crippen molar-refractivity contribution in [3.63, 3.8) is 0 Å². The molecule has 0 radical (unpaired) electrons. The minimum atomic E-state index is -0.565. The average molecular weight is 803 g/mol. The smallest absolute Gasteiger partial charge is 0.164 e. The SMILES string of the molecule is N#Cc1ccc(-c2cc3c(cc2-c2cccc(-c4nc(-c5ccccc5)nc(-c5ccc(-c6ccccc6)cc5)n4)c2)-c2ccccc2C3(c2ccccc2)c2ccccc2)cc1. The van der Waals surface area contributed by atoms with Crippen LogP contribution in [0, 0.1) is 11.3 Å². The Morgan fingerprint density at radius 1 is 0.302 bits per heavy atom. The van der Waals surface area contributed by atoms with Crippen LogP contribution >= 0.6 is 0 Å². The second-order valence-electron chi connectivity index (χ2n) is 15.9. The number of aromatic nitrogens is 3. The quantitative estimate of drug-likeness (QED) is 0.153. The Balaban J connectivity index is 1.11. The molecule has 294 valence electrons. The largest absolute Gasteiger partial charge is 0.208 e. The highest BCUT2D eigenvalue weighted by Gasteiger charge is 2.46. The molecule has 0 saturated carbocycles. The van der Waals surface area contributed by atoms with Gasteiger partial charge < -0.3 is 0 Å². The van der Waals surface area contributed by atoms with Crippen LogP contribution in [0.15, 0.2) is 231 Å². The highest BCUT2D eigenvalue weighted by atomic mass is 15.0. The molecule has 0 amide bonds. The zero-order valence-corrected chi connectivity index (χ0v) is 34.2. The van der Waals surface area contributed by atoms with Gasteiger partial charge in [-0.3, -0.25) is 0 Å². The van der Waals surface area contributed by atoms with Crippen LogP contribution in [0.3, 0.4) is 0 Å². The van der Waals surface area contributed by atoms with Crippen LogP contribution in [0.1, 0.15) is 27.8 Å². The number of hydrogen-bond donors (Lipinski definition) is 0. The van der Waals surface area contributed by atoms with Crippen LogP contribution in [0.2, 0.25) is 0 Å². The molecule has 0 atom stereocenters. The highest BCUT2D eigenvalue weighted by molar-refractivity contribution is 5.95. The first-order valence-corrected chi connectivity index (χ1v) is 21.2. The first-order chi connectivity index (χ1) is 31.2. The summed E-state index contributed by atoms with van der Waals surface area (Å²) in [4.78, 5) is 15.3. The fourth-order valence-electron chi connectivity index (χ4n) is 9.31. The van der Waals surface area contributed by atoms with Crippen LogP contribution in [0.5, 0.6) is 0 Å². The number of benzene rings is 9. The minimum Gasteiger partial charge on any atom is -0.208 e. The van der Waals surface area contributed by atoms with E-state index >= 15 is 0 Å². The van der Waals surface area contributed by atoms with Gasteiger partial charge in [0.15, 0.2) is 17.5 Å². The Labute approximate surface area is 367 Å². The first kappa shape index (κ1) is 37.5. The van der Waals surface area contributed by atoms with Gasteiger partial charge in [-0.25, -0.2) is 15.0 Å². The second-order valence-corrected chi connectivity index (χ2v) is 15.9. The fourth-order valence-corrected chi connectivity index (χ4v) is 9.31. The normalized spacial score (nSPS) is 12.2. The fraction of sp³-hybridized carbons (Fsp3) is 0.0169. The van der Waals surface area contributed by atoms with Gasteiger partial charge in [-0.2, -0.15) is 5.26 Å². The molecule has 11 rings (SSSR count). The van der Waals surface area contributed by atoms with Gasteiger partial charge in [0.1, 0.15) is 0 Å². The van der Waals surface area contributed by atoms with Gasteiger partial charge >= 0.3 is 0 Å². The number of hydrogen-bond acceptors (Lipinski definition) is 4. The Morgan fingerprint density at radius 2 is 0.746 bits per heavy atom. The summed E-state index contributed by atoms with van der Waals surface area (Å²) in [6, 6.07) is 83.0. The van der Waals surface area contributed by atoms with Gasteiger partial charge in [-0.05, 0) is 97.1 Å². The Kier molecular flexibility index (Phi) is 9.41. The lowest BCUT2D eigenvalue weighted by Gasteiger charge is -2.34. The molecule has 0 bridgehead atoms. The van der Waals surface area contributed by atoms with Crippen molar-refractivity contribution in [2.45, 2.75) is 5.41 Å². The van der Waals surface area contributed by atoms with E-state index in [1.165, 1.54) is 33.4 Å². The van der Waals surface area contributed by atoms with Gasteiger partial charge in [0, 0.05) is 16.7 Å². The summed E-state index contributed by atoms with van der Waals surface area (Å²) in [5.74, 6) is 1.81. The summed E-state index contributed by atoms with van der Waals surface area (Å²) in [5.41, 5.74) is 16.5. The van der Waals surface area contributed by atoms with E-state index in [0.29, 0.717) is 23.0 Å². The summed E-state index contributed by atoms with van der Waals surface area (Å²) in [7, 11) is 0. The predicted molar refractivity (Wildman–Crippen MR) is 254 cm³/mol. The monoisotopic (exact) mass is 802 g/mol. The van der Waals surface area contributed by atoms with E-state index < -0.39 is 5.41 Å². The molecular weight excluding hydrogens is 765 g/mol. The van der Waals surface area contributed by atoms with Crippen LogP contribution in [0.4, 0.5) is 0 Å². The second kappa shape index (κ2) is 15.8. The molecule has 0 fully saturated rings. The minimum absolute atomic E-state index is 0.565. The number of nitrogens with zero attached hydrogens (tertiary/aromatic N) is 4. The molecule has 4 nitrogen and oxygen atoms in total. The Hall–Kier alpha value is -8.52. The van der Waals surface area contributed by atoms with Gasteiger partial charge in [0.05, 0.1) is 17.0 Å². The molecule has 4 heteroatoms. The zero-order valence-electron chi connectivity index (χ0n) is 34.2. The Morgan fingerprint density at radius 3 is 1.37 bits per heavy atom. The van der Waals surface area contributed by atoms with E-state index in [2.05, 4.69) is 188 Å². The van der Waals surface area contributed by atoms with Crippen LogP contribution in [0.25, 0.3) is 78.7 Å². The van der Waals surface area contributed by atoms with E-state index in [-0.39, 0.29) is 0 Å². The van der Waals surface area contributed by atoms with Crippen LogP contribution in [-0.4, -0.2) is 15.0 Å².